The molecule has 0 aliphatic heterocycles. The lowest BCUT2D eigenvalue weighted by atomic mass is 10.3. The van der Waals surface area contributed by atoms with Gasteiger partial charge >= 0.3 is 0 Å². The van der Waals surface area contributed by atoms with Crippen molar-refractivity contribution in [2.24, 2.45) is 4.99 Å². The molecule has 2 aromatic rings. The molecule has 2 heterocycles. The van der Waals surface area contributed by atoms with E-state index in [1.54, 1.807) is 25.7 Å². The molecule has 0 bridgehead atoms. The molecule has 0 radical (unpaired) electrons. The SMILES string of the molecule is CN=C(NCCOc1cccnc1)NCCc1ccco1. The smallest absolute Gasteiger partial charge is 0.191 e. The molecular formula is C15H20N4O2. The molecule has 0 amide bonds. The van der Waals surface area contributed by atoms with E-state index in [9.17, 15) is 0 Å². The number of rotatable bonds is 7. The summed E-state index contributed by atoms with van der Waals surface area (Å²) >= 11 is 0. The van der Waals surface area contributed by atoms with Crippen molar-refractivity contribution in [3.63, 3.8) is 0 Å². The fourth-order valence-electron chi connectivity index (χ4n) is 1.75. The van der Waals surface area contributed by atoms with Crippen molar-refractivity contribution in [3.05, 3.63) is 48.7 Å². The van der Waals surface area contributed by atoms with Crippen LogP contribution in [0.2, 0.25) is 0 Å². The third kappa shape index (κ3) is 5.56. The van der Waals surface area contributed by atoms with Crippen molar-refractivity contribution in [2.75, 3.05) is 26.7 Å². The molecule has 0 spiro atoms. The highest BCUT2D eigenvalue weighted by atomic mass is 16.5. The summed E-state index contributed by atoms with van der Waals surface area (Å²) in [6.45, 7) is 1.97. The first-order chi connectivity index (χ1) is 10.4. The number of hydrogen-bond acceptors (Lipinski definition) is 4. The van der Waals surface area contributed by atoms with Gasteiger partial charge in [-0.05, 0) is 24.3 Å². The molecule has 0 saturated heterocycles. The second-order valence-electron chi connectivity index (χ2n) is 4.29. The number of hydrogen-bond donors (Lipinski definition) is 2. The van der Waals surface area contributed by atoms with Crippen LogP contribution in [-0.4, -0.2) is 37.7 Å². The average Bonchev–Trinajstić information content (AvgIpc) is 3.04. The van der Waals surface area contributed by atoms with Crippen LogP contribution >= 0.6 is 0 Å². The summed E-state index contributed by atoms with van der Waals surface area (Å²) < 4.78 is 10.8. The summed E-state index contributed by atoms with van der Waals surface area (Å²) in [6.07, 6.45) is 5.91. The largest absolute Gasteiger partial charge is 0.490 e. The predicted octanol–water partition coefficient (Wildman–Crippen LogP) is 1.46. The van der Waals surface area contributed by atoms with E-state index in [-0.39, 0.29) is 0 Å². The lowest BCUT2D eigenvalue weighted by Crippen LogP contribution is -2.40. The van der Waals surface area contributed by atoms with Crippen LogP contribution in [0.15, 0.2) is 52.3 Å². The van der Waals surface area contributed by atoms with Crippen LogP contribution in [0.3, 0.4) is 0 Å². The molecular weight excluding hydrogens is 268 g/mol. The van der Waals surface area contributed by atoms with Gasteiger partial charge in [-0.2, -0.15) is 0 Å². The van der Waals surface area contributed by atoms with Crippen LogP contribution in [0.5, 0.6) is 5.75 Å². The molecule has 6 heteroatoms. The van der Waals surface area contributed by atoms with E-state index < -0.39 is 0 Å². The Labute approximate surface area is 124 Å². The number of aromatic nitrogens is 1. The number of aliphatic imine (C=N–C) groups is 1. The van der Waals surface area contributed by atoms with Crippen LogP contribution in [0.4, 0.5) is 0 Å². The minimum atomic E-state index is 0.546. The second-order valence-corrected chi connectivity index (χ2v) is 4.29. The molecule has 0 aliphatic rings. The van der Waals surface area contributed by atoms with Gasteiger partial charge in [-0.3, -0.25) is 9.98 Å². The Morgan fingerprint density at radius 2 is 2.19 bits per heavy atom. The van der Waals surface area contributed by atoms with E-state index in [4.69, 9.17) is 9.15 Å². The van der Waals surface area contributed by atoms with Gasteiger partial charge in [0.15, 0.2) is 5.96 Å². The Balaban J connectivity index is 1.59. The molecule has 0 aromatic carbocycles. The first kappa shape index (κ1) is 14.9. The number of pyridine rings is 1. The minimum absolute atomic E-state index is 0.546. The third-order valence-electron chi connectivity index (χ3n) is 2.77. The van der Waals surface area contributed by atoms with Crippen molar-refractivity contribution < 1.29 is 9.15 Å². The standard InChI is InChI=1S/C15H20N4O2/c1-16-15(18-8-6-13-5-3-10-20-13)19-9-11-21-14-4-2-7-17-12-14/h2-5,7,10,12H,6,8-9,11H2,1H3,(H2,16,18,19). The van der Waals surface area contributed by atoms with E-state index in [1.165, 1.54) is 0 Å². The quantitative estimate of drug-likeness (QED) is 0.458. The van der Waals surface area contributed by atoms with Crippen molar-refractivity contribution in [2.45, 2.75) is 6.42 Å². The van der Waals surface area contributed by atoms with E-state index >= 15 is 0 Å². The van der Waals surface area contributed by atoms with Crippen molar-refractivity contribution in [1.29, 1.82) is 0 Å². The van der Waals surface area contributed by atoms with Gasteiger partial charge in [0.05, 0.1) is 19.0 Å². The molecule has 2 rings (SSSR count). The molecule has 21 heavy (non-hydrogen) atoms. The Morgan fingerprint density at radius 1 is 1.29 bits per heavy atom. The van der Waals surface area contributed by atoms with Crippen molar-refractivity contribution in [1.82, 2.24) is 15.6 Å². The first-order valence-corrected chi connectivity index (χ1v) is 6.88. The van der Waals surface area contributed by atoms with Crippen molar-refractivity contribution >= 4 is 5.96 Å². The molecule has 0 saturated carbocycles. The van der Waals surface area contributed by atoms with Gasteiger partial charge in [-0.15, -0.1) is 0 Å². The Bertz CT molecular complexity index is 526. The van der Waals surface area contributed by atoms with Gasteiger partial charge in [0.1, 0.15) is 18.1 Å². The maximum absolute atomic E-state index is 5.54. The van der Waals surface area contributed by atoms with Crippen LogP contribution in [0.25, 0.3) is 0 Å². The van der Waals surface area contributed by atoms with Gasteiger partial charge < -0.3 is 19.8 Å². The van der Waals surface area contributed by atoms with E-state index in [2.05, 4.69) is 20.6 Å². The number of guanidine groups is 1. The summed E-state index contributed by atoms with van der Waals surface area (Å²) in [5.74, 6) is 2.47. The summed E-state index contributed by atoms with van der Waals surface area (Å²) in [5.41, 5.74) is 0. The first-order valence-electron chi connectivity index (χ1n) is 6.88. The summed E-state index contributed by atoms with van der Waals surface area (Å²) in [4.78, 5) is 8.14. The van der Waals surface area contributed by atoms with E-state index in [0.717, 1.165) is 30.4 Å². The monoisotopic (exact) mass is 288 g/mol. The molecule has 6 nitrogen and oxygen atoms in total. The summed E-state index contributed by atoms with van der Waals surface area (Å²) in [6, 6.07) is 7.57. The van der Waals surface area contributed by atoms with Crippen LogP contribution < -0.4 is 15.4 Å². The highest BCUT2D eigenvalue weighted by Crippen LogP contribution is 2.04. The number of ether oxygens (including phenoxy) is 1. The van der Waals surface area contributed by atoms with Crippen LogP contribution in [0, 0.1) is 0 Å². The second kappa shape index (κ2) is 8.63. The zero-order valence-electron chi connectivity index (χ0n) is 12.1. The lowest BCUT2D eigenvalue weighted by molar-refractivity contribution is 0.320. The average molecular weight is 288 g/mol. The maximum Gasteiger partial charge on any atom is 0.191 e. The van der Waals surface area contributed by atoms with Gasteiger partial charge in [-0.1, -0.05) is 0 Å². The highest BCUT2D eigenvalue weighted by Gasteiger charge is 1.99. The Morgan fingerprint density at radius 3 is 2.90 bits per heavy atom. The summed E-state index contributed by atoms with van der Waals surface area (Å²) in [7, 11) is 1.74. The number of furan rings is 1. The predicted molar refractivity (Wildman–Crippen MR) is 81.5 cm³/mol. The molecule has 2 aromatic heterocycles. The van der Waals surface area contributed by atoms with Crippen LogP contribution in [-0.2, 0) is 6.42 Å². The molecule has 112 valence electrons. The number of nitrogens with one attached hydrogen (secondary N) is 2. The number of nitrogens with zero attached hydrogens (tertiary/aromatic N) is 2. The summed E-state index contributed by atoms with van der Waals surface area (Å²) in [5, 5.41) is 6.40. The topological polar surface area (TPSA) is 71.7 Å². The lowest BCUT2D eigenvalue weighted by Gasteiger charge is -2.11. The molecule has 2 N–H and O–H groups in total. The molecule has 0 atom stereocenters. The van der Waals surface area contributed by atoms with Gasteiger partial charge in [0, 0.05) is 26.2 Å². The Kier molecular flexibility index (Phi) is 6.12. The molecule has 0 fully saturated rings. The molecule has 0 aliphatic carbocycles. The van der Waals surface area contributed by atoms with Gasteiger partial charge in [0.25, 0.3) is 0 Å². The minimum Gasteiger partial charge on any atom is -0.490 e. The van der Waals surface area contributed by atoms with E-state index in [0.29, 0.717) is 13.2 Å². The third-order valence-corrected chi connectivity index (χ3v) is 2.77. The zero-order valence-corrected chi connectivity index (χ0v) is 12.1. The Hall–Kier alpha value is -2.50. The molecule has 0 unspecified atom stereocenters. The fourth-order valence-corrected chi connectivity index (χ4v) is 1.75. The van der Waals surface area contributed by atoms with Gasteiger partial charge in [-0.25, -0.2) is 0 Å². The van der Waals surface area contributed by atoms with Crippen LogP contribution in [0.1, 0.15) is 5.76 Å². The van der Waals surface area contributed by atoms with Crippen molar-refractivity contribution in [3.8, 4) is 5.75 Å². The zero-order chi connectivity index (χ0) is 14.8. The maximum atomic E-state index is 5.54. The van der Waals surface area contributed by atoms with E-state index in [1.807, 2.05) is 24.3 Å². The van der Waals surface area contributed by atoms with Gasteiger partial charge in [0.2, 0.25) is 0 Å². The highest BCUT2D eigenvalue weighted by molar-refractivity contribution is 5.79. The fraction of sp³-hybridized carbons (Fsp3) is 0.333. The normalized spacial score (nSPS) is 11.2.